The molecule has 116 valence electrons. The Morgan fingerprint density at radius 1 is 1.40 bits per heavy atom. The fraction of sp³-hybridized carbons (Fsp3) is 0.857. The van der Waals surface area contributed by atoms with E-state index in [1.807, 2.05) is 4.90 Å². The van der Waals surface area contributed by atoms with Crippen LogP contribution in [-0.2, 0) is 9.59 Å². The van der Waals surface area contributed by atoms with Gasteiger partial charge in [0.25, 0.3) is 0 Å². The third-order valence-electron chi connectivity index (χ3n) is 4.03. The average Bonchev–Trinajstić information content (AvgIpc) is 2.82. The predicted molar refractivity (Wildman–Crippen MR) is 81.0 cm³/mol. The summed E-state index contributed by atoms with van der Waals surface area (Å²) in [4.78, 5) is 27.8. The molecule has 2 heterocycles. The second kappa shape index (κ2) is 8.47. The van der Waals surface area contributed by atoms with Gasteiger partial charge in [-0.2, -0.15) is 0 Å². The van der Waals surface area contributed by atoms with E-state index in [2.05, 4.69) is 12.2 Å². The molecule has 0 aromatic heterocycles. The lowest BCUT2D eigenvalue weighted by molar-refractivity contribution is -0.140. The molecule has 0 atom stereocenters. The van der Waals surface area contributed by atoms with Gasteiger partial charge in [-0.15, -0.1) is 12.4 Å². The molecule has 2 rings (SSSR count). The maximum absolute atomic E-state index is 12.4. The Bertz CT molecular complexity index is 332. The number of halogens is 1. The first kappa shape index (κ1) is 17.2. The first-order chi connectivity index (χ1) is 9.22. The summed E-state index contributed by atoms with van der Waals surface area (Å²) in [5.74, 6) is 0.263. The van der Waals surface area contributed by atoms with Crippen molar-refractivity contribution in [2.45, 2.75) is 45.1 Å². The second-order valence-electron chi connectivity index (χ2n) is 5.49. The van der Waals surface area contributed by atoms with Gasteiger partial charge in [-0.05, 0) is 38.8 Å². The standard InChI is InChI=1S/C14H25N3O2.ClH/c1-2-9-17(12-5-7-15-8-6-12)14(19)11-16-10-3-4-13(16)18;/h12,15H,2-11H2,1H3;1H. The molecular formula is C14H26ClN3O2. The number of hydrogen-bond donors (Lipinski definition) is 1. The van der Waals surface area contributed by atoms with Crippen LogP contribution in [0.1, 0.15) is 39.0 Å². The summed E-state index contributed by atoms with van der Waals surface area (Å²) in [5, 5.41) is 3.33. The fourth-order valence-corrected chi connectivity index (χ4v) is 3.00. The Balaban J connectivity index is 0.00000200. The van der Waals surface area contributed by atoms with Gasteiger partial charge < -0.3 is 15.1 Å². The highest BCUT2D eigenvalue weighted by Gasteiger charge is 2.28. The van der Waals surface area contributed by atoms with Crippen LogP contribution in [0, 0.1) is 0 Å². The Kier molecular flexibility index (Phi) is 7.30. The molecule has 2 saturated heterocycles. The molecule has 0 unspecified atom stereocenters. The molecule has 2 aliphatic rings. The lowest BCUT2D eigenvalue weighted by Gasteiger charge is -2.35. The molecule has 20 heavy (non-hydrogen) atoms. The van der Waals surface area contributed by atoms with Crippen LogP contribution in [0.5, 0.6) is 0 Å². The quantitative estimate of drug-likeness (QED) is 0.825. The number of nitrogens with zero attached hydrogens (tertiary/aromatic N) is 2. The van der Waals surface area contributed by atoms with Crippen LogP contribution in [0.15, 0.2) is 0 Å². The lowest BCUT2D eigenvalue weighted by Crippen LogP contribution is -2.49. The first-order valence-corrected chi connectivity index (χ1v) is 7.50. The van der Waals surface area contributed by atoms with E-state index in [4.69, 9.17) is 0 Å². The molecule has 2 fully saturated rings. The van der Waals surface area contributed by atoms with E-state index >= 15 is 0 Å². The Morgan fingerprint density at radius 2 is 2.10 bits per heavy atom. The van der Waals surface area contributed by atoms with Crippen molar-refractivity contribution in [3.8, 4) is 0 Å². The number of nitrogens with one attached hydrogen (secondary N) is 1. The van der Waals surface area contributed by atoms with Gasteiger partial charge in [0.05, 0.1) is 6.54 Å². The summed E-state index contributed by atoms with van der Waals surface area (Å²) in [6.45, 7) is 5.91. The smallest absolute Gasteiger partial charge is 0.242 e. The first-order valence-electron chi connectivity index (χ1n) is 7.50. The van der Waals surface area contributed by atoms with Crippen molar-refractivity contribution >= 4 is 24.2 Å². The minimum Gasteiger partial charge on any atom is -0.338 e. The van der Waals surface area contributed by atoms with E-state index in [1.54, 1.807) is 4.90 Å². The van der Waals surface area contributed by atoms with E-state index in [1.165, 1.54) is 0 Å². The summed E-state index contributed by atoms with van der Waals surface area (Å²) in [6, 6.07) is 0.353. The fourth-order valence-electron chi connectivity index (χ4n) is 3.00. The maximum Gasteiger partial charge on any atom is 0.242 e. The number of likely N-dealkylation sites (tertiary alicyclic amines) is 1. The molecule has 0 aromatic carbocycles. The van der Waals surface area contributed by atoms with E-state index in [0.29, 0.717) is 12.5 Å². The largest absolute Gasteiger partial charge is 0.338 e. The van der Waals surface area contributed by atoms with Crippen LogP contribution in [0.25, 0.3) is 0 Å². The van der Waals surface area contributed by atoms with Crippen LogP contribution in [0.4, 0.5) is 0 Å². The lowest BCUT2D eigenvalue weighted by atomic mass is 10.0. The summed E-state index contributed by atoms with van der Waals surface area (Å²) in [6.07, 6.45) is 4.53. The molecule has 5 nitrogen and oxygen atoms in total. The van der Waals surface area contributed by atoms with Crippen LogP contribution >= 0.6 is 12.4 Å². The van der Waals surface area contributed by atoms with Gasteiger partial charge in [-0.3, -0.25) is 9.59 Å². The van der Waals surface area contributed by atoms with Crippen molar-refractivity contribution in [1.82, 2.24) is 15.1 Å². The molecule has 0 aromatic rings. The SMILES string of the molecule is CCCN(C(=O)CN1CCCC1=O)C1CCNCC1.Cl. The normalized spacial score (nSPS) is 19.9. The second-order valence-corrected chi connectivity index (χ2v) is 5.49. The molecular weight excluding hydrogens is 278 g/mol. The van der Waals surface area contributed by atoms with Gasteiger partial charge in [-0.1, -0.05) is 6.92 Å². The zero-order valence-electron chi connectivity index (χ0n) is 12.3. The molecule has 1 N–H and O–H groups in total. The van der Waals surface area contributed by atoms with Crippen LogP contribution < -0.4 is 5.32 Å². The Morgan fingerprint density at radius 3 is 2.65 bits per heavy atom. The third-order valence-corrected chi connectivity index (χ3v) is 4.03. The highest BCUT2D eigenvalue weighted by atomic mass is 35.5. The van der Waals surface area contributed by atoms with Gasteiger partial charge in [0.15, 0.2) is 0 Å². The minimum absolute atomic E-state index is 0. The zero-order chi connectivity index (χ0) is 13.7. The van der Waals surface area contributed by atoms with Crippen molar-refractivity contribution in [2.75, 3.05) is 32.7 Å². The highest BCUT2D eigenvalue weighted by molar-refractivity contribution is 5.86. The van der Waals surface area contributed by atoms with Crippen LogP contribution in [0.2, 0.25) is 0 Å². The minimum atomic E-state index is 0. The third kappa shape index (κ3) is 4.35. The zero-order valence-corrected chi connectivity index (χ0v) is 13.1. The van der Waals surface area contributed by atoms with Crippen molar-refractivity contribution in [2.24, 2.45) is 0 Å². The van der Waals surface area contributed by atoms with Gasteiger partial charge in [0.2, 0.25) is 11.8 Å². The maximum atomic E-state index is 12.4. The van der Waals surface area contributed by atoms with E-state index in [0.717, 1.165) is 51.9 Å². The Labute approximate surface area is 127 Å². The monoisotopic (exact) mass is 303 g/mol. The topological polar surface area (TPSA) is 52.7 Å². The average molecular weight is 304 g/mol. The summed E-state index contributed by atoms with van der Waals surface area (Å²) in [5.41, 5.74) is 0. The summed E-state index contributed by atoms with van der Waals surface area (Å²) < 4.78 is 0. The van der Waals surface area contributed by atoms with Crippen molar-refractivity contribution in [3.63, 3.8) is 0 Å². The molecule has 0 aliphatic carbocycles. The predicted octanol–water partition coefficient (Wildman–Crippen LogP) is 1.02. The van der Waals surface area contributed by atoms with Gasteiger partial charge >= 0.3 is 0 Å². The molecule has 0 saturated carbocycles. The molecule has 6 heteroatoms. The van der Waals surface area contributed by atoms with Gasteiger partial charge in [0.1, 0.15) is 0 Å². The van der Waals surface area contributed by atoms with Crippen molar-refractivity contribution < 1.29 is 9.59 Å². The number of carbonyl (C=O) groups is 2. The summed E-state index contributed by atoms with van der Waals surface area (Å²) >= 11 is 0. The van der Waals surface area contributed by atoms with Crippen molar-refractivity contribution in [3.05, 3.63) is 0 Å². The number of piperidine rings is 1. The molecule has 2 amide bonds. The van der Waals surface area contributed by atoms with Gasteiger partial charge in [-0.25, -0.2) is 0 Å². The van der Waals surface area contributed by atoms with Crippen LogP contribution in [0.3, 0.4) is 0 Å². The van der Waals surface area contributed by atoms with Gasteiger partial charge in [0, 0.05) is 25.6 Å². The number of rotatable bonds is 5. The molecule has 0 bridgehead atoms. The molecule has 0 radical (unpaired) electrons. The van der Waals surface area contributed by atoms with E-state index < -0.39 is 0 Å². The highest BCUT2D eigenvalue weighted by Crippen LogP contribution is 2.15. The molecule has 2 aliphatic heterocycles. The summed E-state index contributed by atoms with van der Waals surface area (Å²) in [7, 11) is 0. The van der Waals surface area contributed by atoms with Crippen LogP contribution in [-0.4, -0.2) is 60.4 Å². The van der Waals surface area contributed by atoms with E-state index in [-0.39, 0.29) is 30.8 Å². The number of carbonyl (C=O) groups excluding carboxylic acids is 2. The van der Waals surface area contributed by atoms with Crippen molar-refractivity contribution in [1.29, 1.82) is 0 Å². The molecule has 0 spiro atoms. The Hall–Kier alpha value is -0.810. The number of hydrogen-bond acceptors (Lipinski definition) is 3. The number of amides is 2. The van der Waals surface area contributed by atoms with E-state index in [9.17, 15) is 9.59 Å².